The number of methoxy groups -OCH3 is 1. The third kappa shape index (κ3) is 5.30. The lowest BCUT2D eigenvalue weighted by Gasteiger charge is -2.32. The highest BCUT2D eigenvalue weighted by Gasteiger charge is 2.29. The number of benzene rings is 1. The summed E-state index contributed by atoms with van der Waals surface area (Å²) in [5.74, 6) is 2.00. The average molecular weight is 442 g/mol. The number of hydrogen-bond acceptors (Lipinski definition) is 7. The number of nitrogens with zero attached hydrogens (tertiary/aromatic N) is 3. The smallest absolute Gasteiger partial charge is 0.156 e. The topological polar surface area (TPSA) is 86.0 Å². The van der Waals surface area contributed by atoms with Gasteiger partial charge in [-0.25, -0.2) is 15.0 Å². The minimum absolute atomic E-state index is 0. The first-order valence-electron chi connectivity index (χ1n) is 8.92. The molecule has 9 heteroatoms. The van der Waals surface area contributed by atoms with Crippen LogP contribution in [0, 0.1) is 0 Å². The van der Waals surface area contributed by atoms with Crippen LogP contribution in [0.1, 0.15) is 35.3 Å². The molecule has 3 N–H and O–H groups in total. The largest absolute Gasteiger partial charge is 0.377 e. The SMILES string of the molecule is COCc1nc(NCCc2nc3ccccc3s2)cc(C2CC(N)C2)n1.Cl.Cl. The van der Waals surface area contributed by atoms with Crippen molar-refractivity contribution in [3.8, 4) is 0 Å². The van der Waals surface area contributed by atoms with Crippen LogP contribution < -0.4 is 11.1 Å². The van der Waals surface area contributed by atoms with Gasteiger partial charge in [-0.05, 0) is 25.0 Å². The van der Waals surface area contributed by atoms with Gasteiger partial charge in [-0.3, -0.25) is 0 Å². The molecule has 4 rings (SSSR count). The van der Waals surface area contributed by atoms with Gasteiger partial charge in [0.25, 0.3) is 0 Å². The maximum absolute atomic E-state index is 5.93. The zero-order valence-corrected chi connectivity index (χ0v) is 18.1. The fourth-order valence-corrected chi connectivity index (χ4v) is 4.21. The van der Waals surface area contributed by atoms with Crippen molar-refractivity contribution in [2.45, 2.75) is 37.8 Å². The lowest BCUT2D eigenvalue weighted by Crippen LogP contribution is -2.35. The number of ether oxygens (including phenoxy) is 1. The Bertz CT molecular complexity index is 868. The molecule has 152 valence electrons. The van der Waals surface area contributed by atoms with Crippen molar-refractivity contribution in [1.82, 2.24) is 15.0 Å². The Kier molecular flexibility index (Phi) is 8.39. The number of fused-ring (bicyclic) bond motifs is 1. The van der Waals surface area contributed by atoms with Gasteiger partial charge in [0, 0.05) is 43.8 Å². The Morgan fingerprint density at radius 3 is 2.68 bits per heavy atom. The third-order valence-electron chi connectivity index (χ3n) is 4.64. The minimum atomic E-state index is 0. The van der Waals surface area contributed by atoms with Gasteiger partial charge in [-0.2, -0.15) is 0 Å². The molecule has 0 amide bonds. The maximum atomic E-state index is 5.93. The monoisotopic (exact) mass is 441 g/mol. The first-order valence-corrected chi connectivity index (χ1v) is 9.73. The highest BCUT2D eigenvalue weighted by atomic mass is 35.5. The van der Waals surface area contributed by atoms with Crippen molar-refractivity contribution in [2.75, 3.05) is 19.0 Å². The fraction of sp³-hybridized carbons (Fsp3) is 0.421. The van der Waals surface area contributed by atoms with E-state index in [0.29, 0.717) is 24.4 Å². The number of rotatable bonds is 7. The van der Waals surface area contributed by atoms with Gasteiger partial charge in [0.1, 0.15) is 12.4 Å². The van der Waals surface area contributed by atoms with E-state index in [9.17, 15) is 0 Å². The highest BCUT2D eigenvalue weighted by Crippen LogP contribution is 2.35. The summed E-state index contributed by atoms with van der Waals surface area (Å²) in [6, 6.07) is 10.6. The van der Waals surface area contributed by atoms with E-state index >= 15 is 0 Å². The standard InChI is InChI=1S/C19H23N5OS.2ClH/c1-25-11-18-22-15(12-8-13(20)9-12)10-17(24-18)21-7-6-19-23-14-4-2-3-5-16(14)26-19;;/h2-5,10,12-13H,6-9,11,20H2,1H3,(H,21,22,24);2*1H. The molecule has 2 heterocycles. The molecular formula is C19H25Cl2N5OS. The van der Waals surface area contributed by atoms with E-state index in [1.54, 1.807) is 18.4 Å². The van der Waals surface area contributed by atoms with Crippen LogP contribution in [0.2, 0.25) is 0 Å². The minimum Gasteiger partial charge on any atom is -0.377 e. The lowest BCUT2D eigenvalue weighted by atomic mass is 9.78. The van der Waals surface area contributed by atoms with Crippen molar-refractivity contribution in [3.63, 3.8) is 0 Å². The number of anilines is 1. The number of para-hydroxylation sites is 1. The first kappa shape index (κ1) is 22.8. The predicted octanol–water partition coefficient (Wildman–Crippen LogP) is 3.94. The van der Waals surface area contributed by atoms with E-state index in [-0.39, 0.29) is 24.8 Å². The van der Waals surface area contributed by atoms with Gasteiger partial charge in [0.2, 0.25) is 0 Å². The summed E-state index contributed by atoms with van der Waals surface area (Å²) in [5.41, 5.74) is 8.06. The van der Waals surface area contributed by atoms with E-state index in [0.717, 1.165) is 47.8 Å². The number of nitrogens with two attached hydrogens (primary N) is 1. The predicted molar refractivity (Wildman–Crippen MR) is 119 cm³/mol. The van der Waals surface area contributed by atoms with E-state index in [1.165, 1.54) is 4.70 Å². The Morgan fingerprint density at radius 2 is 1.96 bits per heavy atom. The van der Waals surface area contributed by atoms with Crippen molar-refractivity contribution in [3.05, 3.63) is 46.9 Å². The Hall–Kier alpha value is -1.51. The number of aromatic nitrogens is 3. The number of hydrogen-bond donors (Lipinski definition) is 2. The molecule has 28 heavy (non-hydrogen) atoms. The van der Waals surface area contributed by atoms with Crippen molar-refractivity contribution in [2.24, 2.45) is 5.73 Å². The molecule has 0 aliphatic heterocycles. The molecular weight excluding hydrogens is 417 g/mol. The molecule has 0 spiro atoms. The van der Waals surface area contributed by atoms with Crippen LogP contribution >= 0.6 is 36.2 Å². The van der Waals surface area contributed by atoms with Gasteiger partial charge >= 0.3 is 0 Å². The first-order chi connectivity index (χ1) is 12.7. The van der Waals surface area contributed by atoms with Crippen LogP contribution in [0.25, 0.3) is 10.2 Å². The van der Waals surface area contributed by atoms with Crippen LogP contribution in [0.15, 0.2) is 30.3 Å². The van der Waals surface area contributed by atoms with Crippen LogP contribution in [-0.4, -0.2) is 34.6 Å². The molecule has 1 aliphatic rings. The molecule has 0 radical (unpaired) electrons. The number of thiazole rings is 1. The molecule has 0 bridgehead atoms. The summed E-state index contributed by atoms with van der Waals surface area (Å²) in [7, 11) is 1.66. The summed E-state index contributed by atoms with van der Waals surface area (Å²) in [5, 5.41) is 4.55. The summed E-state index contributed by atoms with van der Waals surface area (Å²) < 4.78 is 6.44. The molecule has 0 saturated heterocycles. The molecule has 1 saturated carbocycles. The second-order valence-corrected chi connectivity index (χ2v) is 7.82. The molecule has 1 fully saturated rings. The summed E-state index contributed by atoms with van der Waals surface area (Å²) in [4.78, 5) is 13.9. The lowest BCUT2D eigenvalue weighted by molar-refractivity contribution is 0.177. The van der Waals surface area contributed by atoms with E-state index in [4.69, 9.17) is 10.5 Å². The summed E-state index contributed by atoms with van der Waals surface area (Å²) in [6.45, 7) is 1.20. The molecule has 0 unspecified atom stereocenters. The third-order valence-corrected chi connectivity index (χ3v) is 5.74. The summed E-state index contributed by atoms with van der Waals surface area (Å²) in [6.07, 6.45) is 2.86. The van der Waals surface area contributed by atoms with Gasteiger partial charge in [0.05, 0.1) is 15.2 Å². The van der Waals surface area contributed by atoms with Crippen LogP contribution in [0.4, 0.5) is 5.82 Å². The zero-order chi connectivity index (χ0) is 17.9. The number of halogens is 2. The molecule has 6 nitrogen and oxygen atoms in total. The normalized spacial score (nSPS) is 18.1. The fourth-order valence-electron chi connectivity index (χ4n) is 3.24. The van der Waals surface area contributed by atoms with Crippen molar-refractivity contribution in [1.29, 1.82) is 0 Å². The molecule has 1 aromatic carbocycles. The second-order valence-electron chi connectivity index (χ2n) is 6.71. The maximum Gasteiger partial charge on any atom is 0.156 e. The van der Waals surface area contributed by atoms with Crippen LogP contribution in [0.5, 0.6) is 0 Å². The van der Waals surface area contributed by atoms with Gasteiger partial charge in [-0.1, -0.05) is 12.1 Å². The van der Waals surface area contributed by atoms with Gasteiger partial charge < -0.3 is 15.8 Å². The van der Waals surface area contributed by atoms with Crippen LogP contribution in [0.3, 0.4) is 0 Å². The van der Waals surface area contributed by atoms with Crippen molar-refractivity contribution < 1.29 is 4.74 Å². The number of nitrogens with one attached hydrogen (secondary N) is 1. The van der Waals surface area contributed by atoms with E-state index < -0.39 is 0 Å². The highest BCUT2D eigenvalue weighted by molar-refractivity contribution is 7.18. The Labute approximate surface area is 181 Å². The van der Waals surface area contributed by atoms with E-state index in [1.807, 2.05) is 12.1 Å². The second kappa shape index (κ2) is 10.3. The Balaban J connectivity index is 0.00000140. The Morgan fingerprint density at radius 1 is 1.18 bits per heavy atom. The van der Waals surface area contributed by atoms with Gasteiger partial charge in [-0.15, -0.1) is 36.2 Å². The van der Waals surface area contributed by atoms with Crippen molar-refractivity contribution >= 4 is 52.2 Å². The average Bonchev–Trinajstić information content (AvgIpc) is 3.02. The zero-order valence-electron chi connectivity index (χ0n) is 15.6. The van der Waals surface area contributed by atoms with Gasteiger partial charge in [0.15, 0.2) is 5.82 Å². The summed E-state index contributed by atoms with van der Waals surface area (Å²) >= 11 is 1.75. The quantitative estimate of drug-likeness (QED) is 0.577. The van der Waals surface area contributed by atoms with Crippen LogP contribution in [-0.2, 0) is 17.8 Å². The molecule has 2 aromatic heterocycles. The molecule has 0 atom stereocenters. The molecule has 1 aliphatic carbocycles. The van der Waals surface area contributed by atoms with E-state index in [2.05, 4.69) is 38.5 Å². The molecule has 3 aromatic rings.